The van der Waals surface area contributed by atoms with E-state index >= 15 is 0 Å². The highest BCUT2D eigenvalue weighted by molar-refractivity contribution is 5.96. The number of benzene rings is 2. The third-order valence-corrected chi connectivity index (χ3v) is 4.47. The number of ketones is 1. The Labute approximate surface area is 197 Å². The maximum atomic E-state index is 12.1. The number of anilines is 2. The number of Topliss-reactive ketones (excluding diaryl/α,β-unsaturated/α-hetero) is 1. The van der Waals surface area contributed by atoms with E-state index in [1.807, 2.05) is 0 Å². The summed E-state index contributed by atoms with van der Waals surface area (Å²) in [6.07, 6.45) is 0.0888. The molecule has 0 radical (unpaired) electrons. The second kappa shape index (κ2) is 12.9. The van der Waals surface area contributed by atoms with Crippen LogP contribution in [0, 0.1) is 0 Å². The Morgan fingerprint density at radius 3 is 1.82 bits per heavy atom. The topological polar surface area (TPSA) is 128 Å². The number of carbonyl (C=O) groups excluding carboxylic acids is 5. The highest BCUT2D eigenvalue weighted by Gasteiger charge is 2.12. The number of amides is 2. The minimum Gasteiger partial charge on any atom is -0.459 e. The molecule has 2 amide bonds. The Hall–Kier alpha value is -4.01. The molecule has 0 atom stereocenters. The van der Waals surface area contributed by atoms with Crippen LogP contribution in [0.5, 0.6) is 0 Å². The highest BCUT2D eigenvalue weighted by atomic mass is 16.5. The molecule has 2 N–H and O–H groups in total. The molecule has 0 unspecified atom stereocenters. The fourth-order valence-electron chi connectivity index (χ4n) is 2.79. The van der Waals surface area contributed by atoms with Gasteiger partial charge in [0.1, 0.15) is 0 Å². The molecule has 0 aliphatic rings. The maximum absolute atomic E-state index is 12.1. The molecule has 0 saturated heterocycles. The Bertz CT molecular complexity index is 1030. The Balaban J connectivity index is 1.65. The molecule has 9 nitrogen and oxygen atoms in total. The van der Waals surface area contributed by atoms with Crippen molar-refractivity contribution in [1.82, 2.24) is 0 Å². The quantitative estimate of drug-likeness (QED) is 0.380. The largest absolute Gasteiger partial charge is 0.459 e. The summed E-state index contributed by atoms with van der Waals surface area (Å²) in [5.74, 6) is -1.92. The first-order valence-electron chi connectivity index (χ1n) is 10.8. The summed E-state index contributed by atoms with van der Waals surface area (Å²) in [7, 11) is 0. The van der Waals surface area contributed by atoms with Crippen LogP contribution >= 0.6 is 0 Å². The van der Waals surface area contributed by atoms with Crippen molar-refractivity contribution in [3.8, 4) is 0 Å². The standard InChI is InChI=1S/C25H28N2O7/c1-16(2)34-25(32)19-9-13-20(14-10-19)26-22(29)5-4-6-24(31)33-15-23(30)27-21-11-7-18(8-12-21)17(3)28/h7-14,16H,4-6,15H2,1-3H3,(H,26,29)(H,27,30). The van der Waals surface area contributed by atoms with E-state index < -0.39 is 24.5 Å². The lowest BCUT2D eigenvalue weighted by atomic mass is 10.1. The van der Waals surface area contributed by atoms with Crippen molar-refractivity contribution in [2.24, 2.45) is 0 Å². The van der Waals surface area contributed by atoms with Gasteiger partial charge in [-0.15, -0.1) is 0 Å². The van der Waals surface area contributed by atoms with E-state index in [0.717, 1.165) is 0 Å². The molecular formula is C25H28N2O7. The third-order valence-electron chi connectivity index (χ3n) is 4.47. The van der Waals surface area contributed by atoms with Gasteiger partial charge in [-0.25, -0.2) is 4.79 Å². The number of esters is 2. The molecule has 0 bridgehead atoms. The zero-order chi connectivity index (χ0) is 25.1. The molecule has 0 aliphatic carbocycles. The number of hydrogen-bond donors (Lipinski definition) is 2. The summed E-state index contributed by atoms with van der Waals surface area (Å²) in [4.78, 5) is 58.8. The fraction of sp³-hybridized carbons (Fsp3) is 0.320. The molecule has 180 valence electrons. The summed E-state index contributed by atoms with van der Waals surface area (Å²) in [5.41, 5.74) is 1.90. The van der Waals surface area contributed by atoms with Crippen LogP contribution in [0.25, 0.3) is 0 Å². The average molecular weight is 469 g/mol. The summed E-state index contributed by atoms with van der Waals surface area (Å²) in [6.45, 7) is 4.51. The molecule has 34 heavy (non-hydrogen) atoms. The maximum Gasteiger partial charge on any atom is 0.338 e. The van der Waals surface area contributed by atoms with Gasteiger partial charge in [0.2, 0.25) is 5.91 Å². The summed E-state index contributed by atoms with van der Waals surface area (Å²) >= 11 is 0. The zero-order valence-corrected chi connectivity index (χ0v) is 19.4. The minimum atomic E-state index is -0.595. The lowest BCUT2D eigenvalue weighted by molar-refractivity contribution is -0.147. The van der Waals surface area contributed by atoms with Gasteiger partial charge in [0.25, 0.3) is 5.91 Å². The number of carbonyl (C=O) groups is 5. The molecule has 2 aromatic carbocycles. The molecule has 9 heteroatoms. The van der Waals surface area contributed by atoms with Crippen molar-refractivity contribution < 1.29 is 33.4 Å². The van der Waals surface area contributed by atoms with Gasteiger partial charge in [-0.05, 0) is 75.7 Å². The van der Waals surface area contributed by atoms with Gasteiger partial charge < -0.3 is 20.1 Å². The van der Waals surface area contributed by atoms with Gasteiger partial charge in [0, 0.05) is 29.8 Å². The first-order valence-corrected chi connectivity index (χ1v) is 10.8. The van der Waals surface area contributed by atoms with Crippen LogP contribution in [0.2, 0.25) is 0 Å². The van der Waals surface area contributed by atoms with E-state index in [1.165, 1.54) is 6.92 Å². The van der Waals surface area contributed by atoms with Crippen LogP contribution in [-0.2, 0) is 23.9 Å². The molecule has 0 saturated carbocycles. The van der Waals surface area contributed by atoms with Crippen LogP contribution in [0.4, 0.5) is 11.4 Å². The van der Waals surface area contributed by atoms with Gasteiger partial charge in [0.05, 0.1) is 11.7 Å². The second-order valence-electron chi connectivity index (χ2n) is 7.78. The lowest BCUT2D eigenvalue weighted by Gasteiger charge is -2.09. The van der Waals surface area contributed by atoms with Gasteiger partial charge in [-0.2, -0.15) is 0 Å². The summed E-state index contributed by atoms with van der Waals surface area (Å²) < 4.78 is 10.0. The Morgan fingerprint density at radius 1 is 0.765 bits per heavy atom. The van der Waals surface area contributed by atoms with Crippen LogP contribution in [0.3, 0.4) is 0 Å². The van der Waals surface area contributed by atoms with Crippen molar-refractivity contribution >= 4 is 40.9 Å². The highest BCUT2D eigenvalue weighted by Crippen LogP contribution is 2.13. The van der Waals surface area contributed by atoms with Crippen molar-refractivity contribution in [2.75, 3.05) is 17.2 Å². The predicted octanol–water partition coefficient (Wildman–Crippen LogP) is 3.75. The van der Waals surface area contributed by atoms with Crippen LogP contribution in [0.1, 0.15) is 60.7 Å². The Kier molecular flexibility index (Phi) is 9.94. The number of hydrogen-bond acceptors (Lipinski definition) is 7. The van der Waals surface area contributed by atoms with Crippen LogP contribution in [0.15, 0.2) is 48.5 Å². The van der Waals surface area contributed by atoms with Crippen LogP contribution in [-0.4, -0.2) is 42.2 Å². The van der Waals surface area contributed by atoms with E-state index in [9.17, 15) is 24.0 Å². The molecule has 0 heterocycles. The van der Waals surface area contributed by atoms with E-state index in [4.69, 9.17) is 9.47 Å². The minimum absolute atomic E-state index is 0.0199. The van der Waals surface area contributed by atoms with Crippen molar-refractivity contribution in [2.45, 2.75) is 46.1 Å². The van der Waals surface area contributed by atoms with Crippen molar-refractivity contribution in [3.05, 3.63) is 59.7 Å². The molecule has 2 aromatic rings. The molecule has 2 rings (SSSR count). The van der Waals surface area contributed by atoms with Crippen LogP contribution < -0.4 is 10.6 Å². The van der Waals surface area contributed by atoms with Gasteiger partial charge in [-0.1, -0.05) is 0 Å². The van der Waals surface area contributed by atoms with Gasteiger partial charge in [-0.3, -0.25) is 19.2 Å². The molecule has 0 spiro atoms. The third kappa shape index (κ3) is 9.23. The lowest BCUT2D eigenvalue weighted by Crippen LogP contribution is -2.21. The van der Waals surface area contributed by atoms with Crippen molar-refractivity contribution in [1.29, 1.82) is 0 Å². The average Bonchev–Trinajstić information content (AvgIpc) is 2.78. The SMILES string of the molecule is CC(=O)c1ccc(NC(=O)COC(=O)CCCC(=O)Nc2ccc(C(=O)OC(C)C)cc2)cc1. The van der Waals surface area contributed by atoms with E-state index in [-0.39, 0.29) is 37.1 Å². The Morgan fingerprint density at radius 2 is 1.29 bits per heavy atom. The van der Waals surface area contributed by atoms with Gasteiger partial charge in [0.15, 0.2) is 12.4 Å². The number of rotatable bonds is 11. The fourth-order valence-corrected chi connectivity index (χ4v) is 2.79. The summed E-state index contributed by atoms with van der Waals surface area (Å²) in [5, 5.41) is 5.25. The predicted molar refractivity (Wildman–Crippen MR) is 126 cm³/mol. The number of ether oxygens (including phenoxy) is 2. The molecule has 0 aromatic heterocycles. The molecular weight excluding hydrogens is 440 g/mol. The van der Waals surface area contributed by atoms with E-state index in [1.54, 1.807) is 62.4 Å². The smallest absolute Gasteiger partial charge is 0.338 e. The van der Waals surface area contributed by atoms with Gasteiger partial charge >= 0.3 is 11.9 Å². The zero-order valence-electron chi connectivity index (χ0n) is 19.4. The number of nitrogens with one attached hydrogen (secondary N) is 2. The first kappa shape index (κ1) is 26.2. The normalized spacial score (nSPS) is 10.4. The second-order valence-corrected chi connectivity index (χ2v) is 7.78. The monoisotopic (exact) mass is 468 g/mol. The van der Waals surface area contributed by atoms with E-state index in [0.29, 0.717) is 22.5 Å². The molecule has 0 fully saturated rings. The van der Waals surface area contributed by atoms with E-state index in [2.05, 4.69) is 10.6 Å². The first-order chi connectivity index (χ1) is 16.1. The van der Waals surface area contributed by atoms with Crippen molar-refractivity contribution in [3.63, 3.8) is 0 Å². The molecule has 0 aliphatic heterocycles. The summed E-state index contributed by atoms with van der Waals surface area (Å²) in [6, 6.07) is 12.6.